The third-order valence-corrected chi connectivity index (χ3v) is 5.81. The number of anilines is 1. The molecule has 1 aliphatic rings. The highest BCUT2D eigenvalue weighted by Gasteiger charge is 2.16. The summed E-state index contributed by atoms with van der Waals surface area (Å²) in [5.41, 5.74) is 2.92. The van der Waals surface area contributed by atoms with E-state index in [0.29, 0.717) is 6.04 Å². The Morgan fingerprint density at radius 2 is 1.81 bits per heavy atom. The second-order valence-corrected chi connectivity index (χ2v) is 7.78. The van der Waals surface area contributed by atoms with Crippen LogP contribution < -0.4 is 5.32 Å². The van der Waals surface area contributed by atoms with E-state index in [1.807, 2.05) is 36.7 Å². The van der Waals surface area contributed by atoms with Gasteiger partial charge in [-0.1, -0.05) is 49.1 Å². The number of furan rings is 1. The van der Waals surface area contributed by atoms with Crippen molar-refractivity contribution < 1.29 is 4.42 Å². The summed E-state index contributed by atoms with van der Waals surface area (Å²) < 4.78 is 6.09. The first-order valence-electron chi connectivity index (χ1n) is 9.61. The highest BCUT2D eigenvalue weighted by molar-refractivity contribution is 6.36. The molecule has 0 unspecified atom stereocenters. The number of para-hydroxylation sites is 1. The molecule has 0 atom stereocenters. The summed E-state index contributed by atoms with van der Waals surface area (Å²) in [6, 6.07) is 14.9. The Labute approximate surface area is 163 Å². The Kier molecular flexibility index (Phi) is 4.25. The lowest BCUT2D eigenvalue weighted by Crippen LogP contribution is -2.22. The van der Waals surface area contributed by atoms with Gasteiger partial charge in [-0.3, -0.25) is 4.98 Å². The van der Waals surface area contributed by atoms with Crippen LogP contribution in [-0.4, -0.2) is 11.0 Å². The van der Waals surface area contributed by atoms with Crippen LogP contribution in [0.25, 0.3) is 33.1 Å². The van der Waals surface area contributed by atoms with E-state index in [-0.39, 0.29) is 0 Å². The van der Waals surface area contributed by atoms with E-state index in [9.17, 15) is 0 Å². The van der Waals surface area contributed by atoms with Gasteiger partial charge >= 0.3 is 0 Å². The molecule has 0 saturated heterocycles. The van der Waals surface area contributed by atoms with Crippen LogP contribution in [0.2, 0.25) is 5.02 Å². The van der Waals surface area contributed by atoms with Crippen LogP contribution >= 0.6 is 11.6 Å². The zero-order chi connectivity index (χ0) is 18.2. The zero-order valence-electron chi connectivity index (χ0n) is 15.0. The second-order valence-electron chi connectivity index (χ2n) is 7.37. The van der Waals surface area contributed by atoms with Gasteiger partial charge in [0, 0.05) is 40.5 Å². The number of rotatable bonds is 3. The highest BCUT2D eigenvalue weighted by atomic mass is 35.5. The number of hydrogen-bond donors (Lipinski definition) is 1. The summed E-state index contributed by atoms with van der Waals surface area (Å²) in [5.74, 6) is 0.820. The van der Waals surface area contributed by atoms with Gasteiger partial charge in [-0.05, 0) is 42.5 Å². The molecule has 0 aliphatic heterocycles. The largest absolute Gasteiger partial charge is 0.456 e. The molecule has 0 radical (unpaired) electrons. The van der Waals surface area contributed by atoms with Crippen LogP contribution in [0.4, 0.5) is 5.69 Å². The number of hydrogen-bond acceptors (Lipinski definition) is 3. The third-order valence-electron chi connectivity index (χ3n) is 5.49. The van der Waals surface area contributed by atoms with Gasteiger partial charge in [-0.25, -0.2) is 0 Å². The maximum atomic E-state index is 6.61. The highest BCUT2D eigenvalue weighted by Crippen LogP contribution is 2.37. The topological polar surface area (TPSA) is 38.1 Å². The lowest BCUT2D eigenvalue weighted by molar-refractivity contribution is 0.463. The Hall–Kier alpha value is -2.52. The van der Waals surface area contributed by atoms with Gasteiger partial charge in [-0.15, -0.1) is 0 Å². The molecule has 4 heteroatoms. The van der Waals surface area contributed by atoms with E-state index in [0.717, 1.165) is 43.8 Å². The van der Waals surface area contributed by atoms with E-state index >= 15 is 0 Å². The fraction of sp³-hybridized carbons (Fsp3) is 0.261. The van der Waals surface area contributed by atoms with Crippen LogP contribution in [0.3, 0.4) is 0 Å². The summed E-state index contributed by atoms with van der Waals surface area (Å²) >= 11 is 6.61. The molecule has 5 rings (SSSR count). The standard InChI is InChI=1S/C23H21ClN2O/c24-21-12-17(26-16-7-2-1-3-8-16)11-18-19(21)13-25-14-20(18)23-10-15-6-4-5-9-22(15)27-23/h4-6,9-14,16,26H,1-3,7-8H2. The normalized spacial score (nSPS) is 15.4. The summed E-state index contributed by atoms with van der Waals surface area (Å²) in [6.45, 7) is 0. The lowest BCUT2D eigenvalue weighted by Gasteiger charge is -2.24. The minimum atomic E-state index is 0.531. The van der Waals surface area contributed by atoms with Gasteiger partial charge in [0.15, 0.2) is 0 Å². The van der Waals surface area contributed by atoms with E-state index in [4.69, 9.17) is 16.0 Å². The minimum absolute atomic E-state index is 0.531. The quantitative estimate of drug-likeness (QED) is 0.416. The Balaban J connectivity index is 1.61. The molecule has 136 valence electrons. The molecule has 2 aromatic heterocycles. The smallest absolute Gasteiger partial charge is 0.137 e. The molecule has 27 heavy (non-hydrogen) atoms. The number of nitrogens with zero attached hydrogens (tertiary/aromatic N) is 1. The maximum Gasteiger partial charge on any atom is 0.137 e. The maximum absolute atomic E-state index is 6.61. The molecular weight excluding hydrogens is 356 g/mol. The lowest BCUT2D eigenvalue weighted by atomic mass is 9.95. The number of aromatic nitrogens is 1. The molecule has 1 fully saturated rings. The Morgan fingerprint density at radius 1 is 0.963 bits per heavy atom. The summed E-state index contributed by atoms with van der Waals surface area (Å²) in [6.07, 6.45) is 10.1. The summed E-state index contributed by atoms with van der Waals surface area (Å²) in [4.78, 5) is 4.40. The van der Waals surface area contributed by atoms with E-state index < -0.39 is 0 Å². The van der Waals surface area contributed by atoms with Gasteiger partial charge in [0.25, 0.3) is 0 Å². The van der Waals surface area contributed by atoms with Crippen LogP contribution in [0.15, 0.2) is 59.3 Å². The molecule has 3 nitrogen and oxygen atoms in total. The third kappa shape index (κ3) is 3.17. The fourth-order valence-electron chi connectivity index (χ4n) is 4.10. The van der Waals surface area contributed by atoms with Crippen molar-refractivity contribution in [3.63, 3.8) is 0 Å². The SMILES string of the molecule is Clc1cc(NC2CCCCC2)cc2c(-c3cc4ccccc4o3)cncc12. The van der Waals surface area contributed by atoms with Crippen molar-refractivity contribution in [2.24, 2.45) is 0 Å². The van der Waals surface area contributed by atoms with Gasteiger partial charge in [0.2, 0.25) is 0 Å². The van der Waals surface area contributed by atoms with Gasteiger partial charge in [-0.2, -0.15) is 0 Å². The number of pyridine rings is 1. The van der Waals surface area contributed by atoms with Crippen molar-refractivity contribution in [2.45, 2.75) is 38.1 Å². The first-order valence-corrected chi connectivity index (χ1v) is 9.98. The fourth-order valence-corrected chi connectivity index (χ4v) is 4.37. The summed E-state index contributed by atoms with van der Waals surface area (Å²) in [5, 5.41) is 7.50. The molecule has 2 heterocycles. The number of halogens is 1. The van der Waals surface area contributed by atoms with Crippen molar-refractivity contribution >= 4 is 39.0 Å². The number of benzene rings is 2. The molecule has 0 spiro atoms. The molecule has 2 aromatic carbocycles. The van der Waals surface area contributed by atoms with Crippen LogP contribution in [-0.2, 0) is 0 Å². The number of fused-ring (bicyclic) bond motifs is 2. The van der Waals surface area contributed by atoms with Gasteiger partial charge < -0.3 is 9.73 Å². The Bertz CT molecular complexity index is 1080. The minimum Gasteiger partial charge on any atom is -0.456 e. The molecule has 0 amide bonds. The first kappa shape index (κ1) is 16.6. The molecule has 4 aromatic rings. The molecule has 1 aliphatic carbocycles. The van der Waals surface area contributed by atoms with Gasteiger partial charge in [0.1, 0.15) is 11.3 Å². The second kappa shape index (κ2) is 6.90. The molecular formula is C23H21ClN2O. The molecule has 1 saturated carbocycles. The van der Waals surface area contributed by atoms with Crippen molar-refractivity contribution in [3.05, 3.63) is 59.9 Å². The van der Waals surface area contributed by atoms with E-state index in [1.54, 1.807) is 0 Å². The first-order chi connectivity index (χ1) is 13.3. The average molecular weight is 377 g/mol. The summed E-state index contributed by atoms with van der Waals surface area (Å²) in [7, 11) is 0. The van der Waals surface area contributed by atoms with Crippen LogP contribution in [0, 0.1) is 0 Å². The van der Waals surface area contributed by atoms with Crippen molar-refractivity contribution in [2.75, 3.05) is 5.32 Å². The van der Waals surface area contributed by atoms with E-state index in [1.165, 1.54) is 32.1 Å². The van der Waals surface area contributed by atoms with Gasteiger partial charge in [0.05, 0.1) is 5.02 Å². The average Bonchev–Trinajstić information content (AvgIpc) is 3.12. The van der Waals surface area contributed by atoms with Crippen molar-refractivity contribution in [1.29, 1.82) is 0 Å². The van der Waals surface area contributed by atoms with Crippen LogP contribution in [0.5, 0.6) is 0 Å². The monoisotopic (exact) mass is 376 g/mol. The van der Waals surface area contributed by atoms with Crippen molar-refractivity contribution in [1.82, 2.24) is 4.98 Å². The molecule has 0 bridgehead atoms. The Morgan fingerprint density at radius 3 is 2.67 bits per heavy atom. The predicted molar refractivity (Wildman–Crippen MR) is 112 cm³/mol. The zero-order valence-corrected chi connectivity index (χ0v) is 15.8. The predicted octanol–water partition coefficient (Wildman–Crippen LogP) is 7.05. The number of nitrogens with one attached hydrogen (secondary N) is 1. The van der Waals surface area contributed by atoms with E-state index in [2.05, 4.69) is 28.5 Å². The molecule has 1 N–H and O–H groups in total. The van der Waals surface area contributed by atoms with Crippen molar-refractivity contribution in [3.8, 4) is 11.3 Å². The van der Waals surface area contributed by atoms with Crippen LogP contribution in [0.1, 0.15) is 32.1 Å².